The number of para-hydroxylation sites is 1. The summed E-state index contributed by atoms with van der Waals surface area (Å²) in [5, 5.41) is 13.9. The summed E-state index contributed by atoms with van der Waals surface area (Å²) < 4.78 is 5.84. The summed E-state index contributed by atoms with van der Waals surface area (Å²) in [5.74, 6) is 2.23. The van der Waals surface area contributed by atoms with E-state index in [2.05, 4.69) is 38.2 Å². The second-order valence-electron chi connectivity index (χ2n) is 8.17. The van der Waals surface area contributed by atoms with Crippen molar-refractivity contribution < 1.29 is 9.84 Å². The molecule has 0 bridgehead atoms. The molecule has 3 nitrogen and oxygen atoms in total. The number of hydrogen-bond acceptors (Lipinski definition) is 3. The summed E-state index contributed by atoms with van der Waals surface area (Å²) in [7, 11) is 0. The first-order chi connectivity index (χ1) is 11.9. The maximum Gasteiger partial charge on any atom is 0.127 e. The molecular formula is C22H30ClNO2. The van der Waals surface area contributed by atoms with Gasteiger partial charge in [0.05, 0.1) is 6.10 Å². The lowest BCUT2D eigenvalue weighted by molar-refractivity contribution is 0.133. The maximum absolute atomic E-state index is 10.3. The molecule has 2 N–H and O–H groups in total. The van der Waals surface area contributed by atoms with Gasteiger partial charge < -0.3 is 15.2 Å². The van der Waals surface area contributed by atoms with E-state index in [1.165, 1.54) is 5.56 Å². The number of nitrogens with one attached hydrogen (secondary N) is 1. The van der Waals surface area contributed by atoms with Crippen molar-refractivity contribution in [3.63, 3.8) is 0 Å². The van der Waals surface area contributed by atoms with Crippen molar-refractivity contribution in [1.29, 1.82) is 0 Å². The zero-order chi connectivity index (χ0) is 17.9. The van der Waals surface area contributed by atoms with Crippen LogP contribution in [0.4, 0.5) is 0 Å². The van der Waals surface area contributed by atoms with Crippen molar-refractivity contribution in [1.82, 2.24) is 5.32 Å². The highest BCUT2D eigenvalue weighted by atomic mass is 35.5. The van der Waals surface area contributed by atoms with Crippen molar-refractivity contribution in [2.24, 2.45) is 5.92 Å². The first-order valence-electron chi connectivity index (χ1n) is 9.17. The fraction of sp³-hybridized carbons (Fsp3) is 0.455. The molecule has 2 aromatic rings. The molecule has 2 aromatic carbocycles. The lowest BCUT2D eigenvalue weighted by Gasteiger charge is -2.27. The van der Waals surface area contributed by atoms with Crippen LogP contribution in [0.2, 0.25) is 0 Å². The number of aliphatic hydroxyl groups excluding tert-OH is 1. The minimum absolute atomic E-state index is 0. The van der Waals surface area contributed by atoms with E-state index in [4.69, 9.17) is 4.74 Å². The van der Waals surface area contributed by atoms with Crippen LogP contribution in [-0.2, 0) is 6.42 Å². The van der Waals surface area contributed by atoms with Crippen LogP contribution in [0, 0.1) is 5.92 Å². The molecule has 0 amide bonds. The van der Waals surface area contributed by atoms with Crippen molar-refractivity contribution in [2.75, 3.05) is 0 Å². The summed E-state index contributed by atoms with van der Waals surface area (Å²) in [6, 6.07) is 18.3. The monoisotopic (exact) mass is 375 g/mol. The first-order valence-corrected chi connectivity index (χ1v) is 9.17. The van der Waals surface area contributed by atoms with E-state index in [0.29, 0.717) is 5.92 Å². The van der Waals surface area contributed by atoms with Gasteiger partial charge in [-0.15, -0.1) is 12.4 Å². The summed E-state index contributed by atoms with van der Waals surface area (Å²) in [6.07, 6.45) is 2.66. The Bertz CT molecular complexity index is 667. The van der Waals surface area contributed by atoms with E-state index < -0.39 is 0 Å². The smallest absolute Gasteiger partial charge is 0.127 e. The van der Waals surface area contributed by atoms with Gasteiger partial charge >= 0.3 is 0 Å². The molecule has 0 saturated heterocycles. The van der Waals surface area contributed by atoms with Gasteiger partial charge in [-0.1, -0.05) is 30.3 Å². The van der Waals surface area contributed by atoms with Gasteiger partial charge in [0.25, 0.3) is 0 Å². The van der Waals surface area contributed by atoms with Gasteiger partial charge in [0, 0.05) is 11.6 Å². The zero-order valence-electron chi connectivity index (χ0n) is 15.8. The van der Waals surface area contributed by atoms with E-state index in [1.807, 2.05) is 42.5 Å². The molecule has 1 aliphatic rings. The molecule has 4 heteroatoms. The maximum atomic E-state index is 10.3. The molecular weight excluding hydrogens is 346 g/mol. The number of halogens is 1. The van der Waals surface area contributed by atoms with Crippen molar-refractivity contribution in [2.45, 2.75) is 57.7 Å². The molecule has 0 heterocycles. The fourth-order valence-corrected chi connectivity index (χ4v) is 3.65. The molecule has 1 aliphatic carbocycles. The average molecular weight is 376 g/mol. The number of aliphatic hydroxyl groups is 1. The molecule has 0 radical (unpaired) electrons. The van der Waals surface area contributed by atoms with Crippen molar-refractivity contribution in [3.05, 3.63) is 60.2 Å². The highest BCUT2D eigenvalue weighted by Gasteiger charge is 2.34. The van der Waals surface area contributed by atoms with Gasteiger partial charge in [0.1, 0.15) is 11.5 Å². The summed E-state index contributed by atoms with van der Waals surface area (Å²) in [5.41, 5.74) is 1.34. The van der Waals surface area contributed by atoms with Gasteiger partial charge in [-0.05, 0) is 75.8 Å². The van der Waals surface area contributed by atoms with Gasteiger partial charge in [-0.25, -0.2) is 0 Å². The predicted octanol–water partition coefficient (Wildman–Crippen LogP) is 4.97. The Kier molecular flexibility index (Phi) is 7.10. The Morgan fingerprint density at radius 3 is 2.19 bits per heavy atom. The van der Waals surface area contributed by atoms with E-state index in [9.17, 15) is 5.11 Å². The highest BCUT2D eigenvalue weighted by Crippen LogP contribution is 2.31. The van der Waals surface area contributed by atoms with Gasteiger partial charge in [0.15, 0.2) is 0 Å². The molecule has 0 aromatic heterocycles. The van der Waals surface area contributed by atoms with Crippen molar-refractivity contribution >= 4 is 12.4 Å². The average Bonchev–Trinajstić information content (AvgIpc) is 2.88. The molecule has 0 aliphatic heterocycles. The van der Waals surface area contributed by atoms with Crippen LogP contribution >= 0.6 is 12.4 Å². The molecule has 0 spiro atoms. The van der Waals surface area contributed by atoms with Crippen LogP contribution in [0.25, 0.3) is 0 Å². The van der Waals surface area contributed by atoms with Crippen LogP contribution < -0.4 is 10.1 Å². The normalized spacial score (nSPS) is 22.7. The van der Waals surface area contributed by atoms with Crippen LogP contribution in [-0.4, -0.2) is 22.8 Å². The Labute approximate surface area is 163 Å². The number of benzene rings is 2. The lowest BCUT2D eigenvalue weighted by Crippen LogP contribution is -2.47. The van der Waals surface area contributed by atoms with E-state index in [1.54, 1.807) is 0 Å². The predicted molar refractivity (Wildman–Crippen MR) is 109 cm³/mol. The highest BCUT2D eigenvalue weighted by molar-refractivity contribution is 5.85. The van der Waals surface area contributed by atoms with Crippen LogP contribution in [0.1, 0.15) is 39.2 Å². The Balaban J connectivity index is 0.00000243. The number of rotatable bonds is 5. The van der Waals surface area contributed by atoms with Crippen LogP contribution in [0.15, 0.2) is 54.6 Å². The van der Waals surface area contributed by atoms with Crippen LogP contribution in [0.5, 0.6) is 11.5 Å². The molecule has 1 fully saturated rings. The third kappa shape index (κ3) is 6.01. The molecule has 1 saturated carbocycles. The third-order valence-corrected chi connectivity index (χ3v) is 4.67. The summed E-state index contributed by atoms with van der Waals surface area (Å²) in [4.78, 5) is 0. The Hall–Kier alpha value is -1.55. The van der Waals surface area contributed by atoms with E-state index in [0.717, 1.165) is 30.8 Å². The summed E-state index contributed by atoms with van der Waals surface area (Å²) >= 11 is 0. The van der Waals surface area contributed by atoms with Crippen molar-refractivity contribution in [3.8, 4) is 11.5 Å². The van der Waals surface area contributed by atoms with Crippen LogP contribution in [0.3, 0.4) is 0 Å². The zero-order valence-corrected chi connectivity index (χ0v) is 16.6. The Morgan fingerprint density at radius 1 is 0.962 bits per heavy atom. The molecule has 0 unspecified atom stereocenters. The second-order valence-corrected chi connectivity index (χ2v) is 8.17. The molecule has 3 atom stereocenters. The largest absolute Gasteiger partial charge is 0.457 e. The first kappa shape index (κ1) is 20.8. The summed E-state index contributed by atoms with van der Waals surface area (Å²) in [6.45, 7) is 6.45. The topological polar surface area (TPSA) is 41.5 Å². The fourth-order valence-electron chi connectivity index (χ4n) is 3.65. The Morgan fingerprint density at radius 2 is 1.58 bits per heavy atom. The number of ether oxygens (including phenoxy) is 1. The van der Waals surface area contributed by atoms with E-state index in [-0.39, 0.29) is 30.1 Å². The molecule has 142 valence electrons. The third-order valence-electron chi connectivity index (χ3n) is 4.67. The lowest BCUT2D eigenvalue weighted by atomic mass is 9.97. The second kappa shape index (κ2) is 8.90. The molecule has 26 heavy (non-hydrogen) atoms. The minimum Gasteiger partial charge on any atom is -0.457 e. The van der Waals surface area contributed by atoms with Gasteiger partial charge in [0.2, 0.25) is 0 Å². The number of hydrogen-bond donors (Lipinski definition) is 2. The van der Waals surface area contributed by atoms with Gasteiger partial charge in [-0.2, -0.15) is 0 Å². The SMILES string of the molecule is CC(C)(C)N[C@@H]1C[C@@H](Cc2ccc(Oc3ccccc3)cc2)C[C@H]1O.Cl. The minimum atomic E-state index is -0.245. The van der Waals surface area contributed by atoms with Gasteiger partial charge in [-0.3, -0.25) is 0 Å². The standard InChI is InChI=1S/C22H29NO2.ClH/c1-22(2,3)23-20-14-17(15-21(20)24)13-16-9-11-19(12-10-16)25-18-7-5-4-6-8-18;/h4-12,17,20-21,23-24H,13-15H2,1-3H3;1H/t17-,20-,21-;/m1./s1. The molecule has 3 rings (SSSR count). The quantitative estimate of drug-likeness (QED) is 0.775. The van der Waals surface area contributed by atoms with E-state index >= 15 is 0 Å².